The zero-order valence-corrected chi connectivity index (χ0v) is 11.2. The zero-order chi connectivity index (χ0) is 12.3. The lowest BCUT2D eigenvalue weighted by molar-refractivity contribution is 0.397. The largest absolute Gasteiger partial charge is 0.496 e. The number of nitrogens with one attached hydrogen (secondary N) is 1. The number of hydrogen-bond donors (Lipinski definition) is 1. The van der Waals surface area contributed by atoms with Crippen LogP contribution in [0.3, 0.4) is 0 Å². The number of ether oxygens (including phenoxy) is 1. The summed E-state index contributed by atoms with van der Waals surface area (Å²) in [5, 5.41) is 3.60. The van der Waals surface area contributed by atoms with Gasteiger partial charge in [-0.1, -0.05) is 18.6 Å². The normalized spacial score (nSPS) is 20.3. The SMILES string of the molecule is COc1c(C)cc(CC2CCCCN2)cc1C. The average Bonchev–Trinajstić information content (AvgIpc) is 2.30. The predicted octanol–water partition coefficient (Wildman–Crippen LogP) is 3.00. The number of piperidine rings is 1. The Morgan fingerprint density at radius 2 is 1.94 bits per heavy atom. The molecule has 0 aliphatic carbocycles. The molecule has 1 aliphatic heterocycles. The second-order valence-electron chi connectivity index (χ2n) is 5.11. The fourth-order valence-corrected chi connectivity index (χ4v) is 2.86. The molecule has 0 amide bonds. The first-order chi connectivity index (χ1) is 8.20. The van der Waals surface area contributed by atoms with E-state index in [0.717, 1.165) is 12.2 Å². The van der Waals surface area contributed by atoms with Crippen LogP contribution < -0.4 is 10.1 Å². The summed E-state index contributed by atoms with van der Waals surface area (Å²) in [6.45, 7) is 5.44. The molecule has 1 unspecified atom stereocenters. The molecule has 1 heterocycles. The van der Waals surface area contributed by atoms with Gasteiger partial charge in [-0.05, 0) is 56.3 Å². The second kappa shape index (κ2) is 5.54. The molecule has 0 aromatic heterocycles. The molecule has 0 radical (unpaired) electrons. The van der Waals surface area contributed by atoms with Crippen molar-refractivity contribution in [1.82, 2.24) is 5.32 Å². The van der Waals surface area contributed by atoms with E-state index < -0.39 is 0 Å². The van der Waals surface area contributed by atoms with Crippen molar-refractivity contribution in [3.05, 3.63) is 28.8 Å². The first-order valence-corrected chi connectivity index (χ1v) is 6.58. The summed E-state index contributed by atoms with van der Waals surface area (Å²) in [7, 11) is 1.75. The molecule has 17 heavy (non-hydrogen) atoms. The van der Waals surface area contributed by atoms with Crippen molar-refractivity contribution < 1.29 is 4.74 Å². The molecule has 1 fully saturated rings. The maximum Gasteiger partial charge on any atom is 0.124 e. The zero-order valence-electron chi connectivity index (χ0n) is 11.2. The van der Waals surface area contributed by atoms with E-state index in [2.05, 4.69) is 31.3 Å². The van der Waals surface area contributed by atoms with Crippen LogP contribution in [0.25, 0.3) is 0 Å². The van der Waals surface area contributed by atoms with Gasteiger partial charge in [0.25, 0.3) is 0 Å². The molecule has 1 aromatic carbocycles. The third-order valence-corrected chi connectivity index (χ3v) is 3.62. The first kappa shape index (κ1) is 12.4. The van der Waals surface area contributed by atoms with Crippen LogP contribution in [0.5, 0.6) is 5.75 Å². The maximum atomic E-state index is 5.41. The van der Waals surface area contributed by atoms with Crippen LogP contribution in [0, 0.1) is 13.8 Å². The Bertz CT molecular complexity index is 358. The van der Waals surface area contributed by atoms with Crippen molar-refractivity contribution in [1.29, 1.82) is 0 Å². The molecule has 2 heteroatoms. The van der Waals surface area contributed by atoms with Gasteiger partial charge in [-0.15, -0.1) is 0 Å². The van der Waals surface area contributed by atoms with E-state index >= 15 is 0 Å². The third kappa shape index (κ3) is 3.01. The lowest BCUT2D eigenvalue weighted by atomic mass is 9.95. The Hall–Kier alpha value is -1.02. The van der Waals surface area contributed by atoms with Gasteiger partial charge in [0.05, 0.1) is 7.11 Å². The van der Waals surface area contributed by atoms with Crippen molar-refractivity contribution >= 4 is 0 Å². The van der Waals surface area contributed by atoms with Gasteiger partial charge in [-0.2, -0.15) is 0 Å². The van der Waals surface area contributed by atoms with Gasteiger partial charge in [-0.3, -0.25) is 0 Å². The van der Waals surface area contributed by atoms with Crippen molar-refractivity contribution in [3.63, 3.8) is 0 Å². The molecule has 0 bridgehead atoms. The maximum absolute atomic E-state index is 5.41. The number of methoxy groups -OCH3 is 1. The highest BCUT2D eigenvalue weighted by Crippen LogP contribution is 2.25. The third-order valence-electron chi connectivity index (χ3n) is 3.62. The summed E-state index contributed by atoms with van der Waals surface area (Å²) in [5.74, 6) is 1.03. The minimum atomic E-state index is 0.663. The van der Waals surface area contributed by atoms with E-state index in [4.69, 9.17) is 4.74 Å². The quantitative estimate of drug-likeness (QED) is 0.866. The molecular formula is C15H23NO. The average molecular weight is 233 g/mol. The smallest absolute Gasteiger partial charge is 0.124 e. The Morgan fingerprint density at radius 1 is 1.24 bits per heavy atom. The second-order valence-corrected chi connectivity index (χ2v) is 5.11. The van der Waals surface area contributed by atoms with Crippen LogP contribution in [0.15, 0.2) is 12.1 Å². The van der Waals surface area contributed by atoms with Gasteiger partial charge in [-0.25, -0.2) is 0 Å². The lowest BCUT2D eigenvalue weighted by Gasteiger charge is -2.24. The van der Waals surface area contributed by atoms with Crippen LogP contribution in [0.4, 0.5) is 0 Å². The summed E-state index contributed by atoms with van der Waals surface area (Å²) in [5.41, 5.74) is 3.93. The standard InChI is InChI=1S/C15H23NO/c1-11-8-13(9-12(2)15(11)17-3)10-14-6-4-5-7-16-14/h8-9,14,16H,4-7,10H2,1-3H3. The highest BCUT2D eigenvalue weighted by atomic mass is 16.5. The predicted molar refractivity (Wildman–Crippen MR) is 71.8 cm³/mol. The Balaban J connectivity index is 2.10. The van der Waals surface area contributed by atoms with Gasteiger partial charge in [0, 0.05) is 6.04 Å². The molecule has 1 atom stereocenters. The van der Waals surface area contributed by atoms with Gasteiger partial charge in [0.1, 0.15) is 5.75 Å². The van der Waals surface area contributed by atoms with Crippen LogP contribution >= 0.6 is 0 Å². The molecule has 2 nitrogen and oxygen atoms in total. The van der Waals surface area contributed by atoms with E-state index in [1.165, 1.54) is 42.5 Å². The molecule has 1 aromatic rings. The molecule has 0 saturated carbocycles. The van der Waals surface area contributed by atoms with E-state index in [9.17, 15) is 0 Å². The lowest BCUT2D eigenvalue weighted by Crippen LogP contribution is -2.35. The number of benzene rings is 1. The minimum Gasteiger partial charge on any atom is -0.496 e. The van der Waals surface area contributed by atoms with E-state index in [1.54, 1.807) is 7.11 Å². The van der Waals surface area contributed by atoms with Crippen molar-refractivity contribution in [3.8, 4) is 5.75 Å². The summed E-state index contributed by atoms with van der Waals surface area (Å²) in [6.07, 6.45) is 5.15. The number of rotatable bonds is 3. The molecule has 0 spiro atoms. The minimum absolute atomic E-state index is 0.663. The van der Waals surface area contributed by atoms with E-state index in [0.29, 0.717) is 6.04 Å². The Labute approximate surface area is 104 Å². The van der Waals surface area contributed by atoms with Crippen LogP contribution in [0.1, 0.15) is 36.0 Å². The highest BCUT2D eigenvalue weighted by molar-refractivity contribution is 5.43. The van der Waals surface area contributed by atoms with Crippen molar-refractivity contribution in [2.45, 2.75) is 45.6 Å². The molecule has 1 aliphatic rings. The Morgan fingerprint density at radius 3 is 2.47 bits per heavy atom. The van der Waals surface area contributed by atoms with Crippen LogP contribution in [0.2, 0.25) is 0 Å². The van der Waals surface area contributed by atoms with Crippen molar-refractivity contribution in [2.24, 2.45) is 0 Å². The van der Waals surface area contributed by atoms with Crippen molar-refractivity contribution in [2.75, 3.05) is 13.7 Å². The number of hydrogen-bond acceptors (Lipinski definition) is 2. The molecule has 94 valence electrons. The Kier molecular flexibility index (Phi) is 4.06. The van der Waals surface area contributed by atoms with E-state index in [-0.39, 0.29) is 0 Å². The first-order valence-electron chi connectivity index (χ1n) is 6.58. The van der Waals surface area contributed by atoms with Gasteiger partial charge < -0.3 is 10.1 Å². The highest BCUT2D eigenvalue weighted by Gasteiger charge is 2.14. The topological polar surface area (TPSA) is 21.3 Å². The molecule has 1 N–H and O–H groups in total. The van der Waals surface area contributed by atoms with Gasteiger partial charge in [0.15, 0.2) is 0 Å². The summed E-state index contributed by atoms with van der Waals surface area (Å²) < 4.78 is 5.41. The molecule has 2 rings (SSSR count). The molecular weight excluding hydrogens is 210 g/mol. The van der Waals surface area contributed by atoms with Gasteiger partial charge >= 0.3 is 0 Å². The van der Waals surface area contributed by atoms with Crippen LogP contribution in [-0.4, -0.2) is 19.7 Å². The van der Waals surface area contributed by atoms with Gasteiger partial charge in [0.2, 0.25) is 0 Å². The monoisotopic (exact) mass is 233 g/mol. The number of aryl methyl sites for hydroxylation is 2. The van der Waals surface area contributed by atoms with E-state index in [1.807, 2.05) is 0 Å². The summed E-state index contributed by atoms with van der Waals surface area (Å²) >= 11 is 0. The molecule has 1 saturated heterocycles. The fraction of sp³-hybridized carbons (Fsp3) is 0.600. The summed E-state index contributed by atoms with van der Waals surface area (Å²) in [4.78, 5) is 0. The fourth-order valence-electron chi connectivity index (χ4n) is 2.86. The van der Waals surface area contributed by atoms with Crippen LogP contribution in [-0.2, 0) is 6.42 Å². The summed E-state index contributed by atoms with van der Waals surface area (Å²) in [6, 6.07) is 5.19.